The zero-order chi connectivity index (χ0) is 16.2. The summed E-state index contributed by atoms with van der Waals surface area (Å²) >= 11 is 0. The Morgan fingerprint density at radius 3 is 2.43 bits per heavy atom. The van der Waals surface area contributed by atoms with Gasteiger partial charge in [0.25, 0.3) is 0 Å². The average molecular weight is 315 g/mol. The number of rotatable bonds is 4. The van der Waals surface area contributed by atoms with E-state index >= 15 is 0 Å². The first kappa shape index (κ1) is 15.7. The van der Waals surface area contributed by atoms with Crippen LogP contribution < -0.4 is 16.0 Å². The van der Waals surface area contributed by atoms with E-state index in [9.17, 15) is 14.4 Å². The van der Waals surface area contributed by atoms with Crippen molar-refractivity contribution in [3.05, 3.63) is 29.8 Å². The predicted octanol–water partition coefficient (Wildman–Crippen LogP) is 0.830. The van der Waals surface area contributed by atoms with Gasteiger partial charge < -0.3 is 10.6 Å². The number of nitrogens with one attached hydrogen (secondary N) is 3. The number of benzene rings is 1. The molecule has 2 aliphatic rings. The topological polar surface area (TPSA) is 87.3 Å². The fourth-order valence-corrected chi connectivity index (χ4v) is 3.11. The van der Waals surface area contributed by atoms with E-state index in [2.05, 4.69) is 16.0 Å². The van der Waals surface area contributed by atoms with E-state index in [-0.39, 0.29) is 36.0 Å². The largest absolute Gasteiger partial charge is 0.326 e. The van der Waals surface area contributed by atoms with Crippen molar-refractivity contribution in [2.45, 2.75) is 25.7 Å². The summed E-state index contributed by atoms with van der Waals surface area (Å²) in [6, 6.07) is 7.49. The van der Waals surface area contributed by atoms with Crippen LogP contribution in [-0.4, -0.2) is 30.8 Å². The molecule has 6 nitrogen and oxygen atoms in total. The lowest BCUT2D eigenvalue weighted by atomic mass is 9.96. The molecule has 0 saturated carbocycles. The first-order valence-electron chi connectivity index (χ1n) is 8.06. The minimum atomic E-state index is -0.280. The lowest BCUT2D eigenvalue weighted by Gasteiger charge is -2.21. The highest BCUT2D eigenvalue weighted by Crippen LogP contribution is 2.20. The maximum absolute atomic E-state index is 12.2. The third-order valence-corrected chi connectivity index (χ3v) is 4.48. The Kier molecular flexibility index (Phi) is 4.71. The molecule has 2 heterocycles. The van der Waals surface area contributed by atoms with Gasteiger partial charge in [-0.15, -0.1) is 0 Å². The highest BCUT2D eigenvalue weighted by atomic mass is 16.2. The average Bonchev–Trinajstić information content (AvgIpc) is 2.87. The summed E-state index contributed by atoms with van der Waals surface area (Å²) in [5.41, 5.74) is 1.75. The molecule has 1 atom stereocenters. The minimum Gasteiger partial charge on any atom is -0.326 e. The number of amides is 3. The first-order valence-corrected chi connectivity index (χ1v) is 8.06. The van der Waals surface area contributed by atoms with E-state index < -0.39 is 0 Å². The molecule has 1 unspecified atom stereocenters. The van der Waals surface area contributed by atoms with Gasteiger partial charge in [0.2, 0.25) is 17.7 Å². The van der Waals surface area contributed by atoms with Crippen LogP contribution in [0.2, 0.25) is 0 Å². The number of hydrogen-bond acceptors (Lipinski definition) is 4. The molecule has 2 saturated heterocycles. The molecule has 0 bridgehead atoms. The molecule has 23 heavy (non-hydrogen) atoms. The molecule has 0 spiro atoms. The summed E-state index contributed by atoms with van der Waals surface area (Å²) < 4.78 is 0. The second kappa shape index (κ2) is 6.91. The molecule has 2 fully saturated rings. The fourth-order valence-electron chi connectivity index (χ4n) is 3.11. The van der Waals surface area contributed by atoms with E-state index in [1.165, 1.54) is 0 Å². The van der Waals surface area contributed by atoms with Gasteiger partial charge in [-0.1, -0.05) is 12.1 Å². The van der Waals surface area contributed by atoms with Crippen LogP contribution in [0.5, 0.6) is 0 Å². The lowest BCUT2D eigenvalue weighted by molar-refractivity contribution is -0.126. The Hall–Kier alpha value is -2.21. The second-order valence-electron chi connectivity index (χ2n) is 6.23. The van der Waals surface area contributed by atoms with Gasteiger partial charge in [0.15, 0.2) is 0 Å². The summed E-state index contributed by atoms with van der Waals surface area (Å²) in [6.45, 7) is 1.78. The van der Waals surface area contributed by atoms with Gasteiger partial charge in [-0.3, -0.25) is 19.7 Å². The molecule has 122 valence electrons. The molecule has 1 aromatic carbocycles. The third-order valence-electron chi connectivity index (χ3n) is 4.48. The number of hydrogen-bond donors (Lipinski definition) is 3. The van der Waals surface area contributed by atoms with E-state index in [1.54, 1.807) is 0 Å². The lowest BCUT2D eigenvalue weighted by Crippen LogP contribution is -2.34. The smallest absolute Gasteiger partial charge is 0.230 e. The quantitative estimate of drug-likeness (QED) is 0.718. The zero-order valence-corrected chi connectivity index (χ0v) is 12.9. The Morgan fingerprint density at radius 2 is 1.83 bits per heavy atom. The van der Waals surface area contributed by atoms with Gasteiger partial charge in [0, 0.05) is 18.0 Å². The Bertz CT molecular complexity index is 606. The molecule has 3 amide bonds. The molecule has 0 aromatic heterocycles. The third kappa shape index (κ3) is 3.96. The van der Waals surface area contributed by atoms with Crippen molar-refractivity contribution in [2.24, 2.45) is 11.8 Å². The number of imide groups is 1. The van der Waals surface area contributed by atoms with Gasteiger partial charge in [-0.2, -0.15) is 0 Å². The van der Waals surface area contributed by atoms with Crippen LogP contribution in [-0.2, 0) is 20.8 Å². The molecule has 0 radical (unpaired) electrons. The minimum absolute atomic E-state index is 0.0695. The van der Waals surface area contributed by atoms with Gasteiger partial charge >= 0.3 is 0 Å². The van der Waals surface area contributed by atoms with Crippen LogP contribution >= 0.6 is 0 Å². The van der Waals surface area contributed by atoms with Crippen molar-refractivity contribution < 1.29 is 14.4 Å². The van der Waals surface area contributed by atoms with E-state index in [0.29, 0.717) is 6.42 Å². The molecule has 2 aliphatic heterocycles. The van der Waals surface area contributed by atoms with Crippen molar-refractivity contribution in [3.8, 4) is 0 Å². The molecule has 0 aliphatic carbocycles. The number of carbonyl (C=O) groups excluding carboxylic acids is 3. The first-order chi connectivity index (χ1) is 11.1. The van der Waals surface area contributed by atoms with Gasteiger partial charge in [0.1, 0.15) is 0 Å². The van der Waals surface area contributed by atoms with E-state index in [1.807, 2.05) is 24.3 Å². The summed E-state index contributed by atoms with van der Waals surface area (Å²) in [5.74, 6) is -0.536. The van der Waals surface area contributed by atoms with Gasteiger partial charge in [-0.25, -0.2) is 0 Å². The molecule has 6 heteroatoms. The van der Waals surface area contributed by atoms with Crippen LogP contribution in [0.1, 0.15) is 24.8 Å². The Labute approximate surface area is 135 Å². The van der Waals surface area contributed by atoms with Crippen LogP contribution in [0.15, 0.2) is 24.3 Å². The van der Waals surface area contributed by atoms with Crippen LogP contribution in [0, 0.1) is 11.8 Å². The van der Waals surface area contributed by atoms with Crippen LogP contribution in [0.3, 0.4) is 0 Å². The monoisotopic (exact) mass is 315 g/mol. The predicted molar refractivity (Wildman–Crippen MR) is 85.6 cm³/mol. The molecular formula is C17H21N3O3. The van der Waals surface area contributed by atoms with Crippen molar-refractivity contribution in [1.82, 2.24) is 10.6 Å². The van der Waals surface area contributed by atoms with Gasteiger partial charge in [-0.05, 0) is 50.0 Å². The van der Waals surface area contributed by atoms with Crippen LogP contribution in [0.4, 0.5) is 5.69 Å². The summed E-state index contributed by atoms with van der Waals surface area (Å²) in [5, 5.41) is 8.51. The highest BCUT2D eigenvalue weighted by Gasteiger charge is 2.30. The fraction of sp³-hybridized carbons (Fsp3) is 0.471. The summed E-state index contributed by atoms with van der Waals surface area (Å²) in [4.78, 5) is 35.0. The number of anilines is 1. The van der Waals surface area contributed by atoms with Crippen molar-refractivity contribution >= 4 is 23.4 Å². The summed E-state index contributed by atoms with van der Waals surface area (Å²) in [6.07, 6.45) is 2.54. The van der Waals surface area contributed by atoms with Crippen LogP contribution in [0.25, 0.3) is 0 Å². The maximum atomic E-state index is 12.2. The molecule has 3 rings (SSSR count). The molecule has 1 aromatic rings. The Morgan fingerprint density at radius 1 is 1.13 bits per heavy atom. The highest BCUT2D eigenvalue weighted by molar-refractivity contribution is 6.03. The van der Waals surface area contributed by atoms with E-state index in [4.69, 9.17) is 0 Å². The number of carbonyl (C=O) groups is 3. The van der Waals surface area contributed by atoms with Crippen molar-refractivity contribution in [1.29, 1.82) is 0 Å². The summed E-state index contributed by atoms with van der Waals surface area (Å²) in [7, 11) is 0. The number of piperidine rings is 1. The maximum Gasteiger partial charge on any atom is 0.230 e. The molecular weight excluding hydrogens is 294 g/mol. The van der Waals surface area contributed by atoms with Gasteiger partial charge in [0.05, 0.1) is 5.92 Å². The van der Waals surface area contributed by atoms with Crippen molar-refractivity contribution in [2.75, 3.05) is 18.4 Å². The zero-order valence-electron chi connectivity index (χ0n) is 12.9. The molecule has 3 N–H and O–H groups in total. The standard InChI is InChI=1S/C17H21N3O3/c21-15-10-13(17(23)20-15)9-11-1-3-14(4-2-11)19-16(22)12-5-7-18-8-6-12/h1-4,12-13,18H,5-10H2,(H,19,22)(H,20,21,23). The normalized spacial score (nSPS) is 22.0. The van der Waals surface area contributed by atoms with E-state index in [0.717, 1.165) is 37.2 Å². The second-order valence-corrected chi connectivity index (χ2v) is 6.23. The Balaban J connectivity index is 1.55. The SMILES string of the molecule is O=C1CC(Cc2ccc(NC(=O)C3CCNCC3)cc2)C(=O)N1. The van der Waals surface area contributed by atoms with Crippen molar-refractivity contribution in [3.63, 3.8) is 0 Å².